The molecular weight excluding hydrogens is 329 g/mol. The molecular formula is C15H15F3N2O2S. The molecule has 0 aliphatic rings. The minimum absolute atomic E-state index is 0.221. The van der Waals surface area contributed by atoms with Gasteiger partial charge < -0.3 is 5.32 Å². The molecule has 0 saturated heterocycles. The maximum Gasteiger partial charge on any atom is 0.416 e. The van der Waals surface area contributed by atoms with E-state index < -0.39 is 21.8 Å². The first-order chi connectivity index (χ1) is 10.6. The van der Waals surface area contributed by atoms with Crippen molar-refractivity contribution in [3.8, 4) is 0 Å². The lowest BCUT2D eigenvalue weighted by atomic mass is 10.1. The Bertz CT molecular complexity index is 772. The fourth-order valence-electron chi connectivity index (χ4n) is 2.01. The van der Waals surface area contributed by atoms with E-state index in [4.69, 9.17) is 5.14 Å². The lowest BCUT2D eigenvalue weighted by Crippen LogP contribution is -2.14. The smallest absolute Gasteiger partial charge is 0.381 e. The van der Waals surface area contributed by atoms with Crippen LogP contribution in [0.5, 0.6) is 0 Å². The van der Waals surface area contributed by atoms with Gasteiger partial charge in [0.25, 0.3) is 0 Å². The van der Waals surface area contributed by atoms with Gasteiger partial charge in [0.1, 0.15) is 0 Å². The van der Waals surface area contributed by atoms with Crippen LogP contribution in [0.15, 0.2) is 48.5 Å². The summed E-state index contributed by atoms with van der Waals surface area (Å²) in [4.78, 5) is 0. The highest BCUT2D eigenvalue weighted by molar-refractivity contribution is 7.88. The average Bonchev–Trinajstić information content (AvgIpc) is 2.44. The Hall–Kier alpha value is -2.06. The fraction of sp³-hybridized carbons (Fsp3) is 0.200. The van der Waals surface area contributed by atoms with Gasteiger partial charge in [-0.3, -0.25) is 0 Å². The molecule has 124 valence electrons. The molecule has 0 radical (unpaired) electrons. The van der Waals surface area contributed by atoms with Crippen molar-refractivity contribution in [1.29, 1.82) is 0 Å². The molecule has 0 fully saturated rings. The molecule has 0 heterocycles. The molecule has 0 spiro atoms. The summed E-state index contributed by atoms with van der Waals surface area (Å²) in [5, 5.41) is 7.94. The fourth-order valence-corrected chi connectivity index (χ4v) is 2.67. The molecule has 3 N–H and O–H groups in total. The second-order valence-electron chi connectivity index (χ2n) is 5.06. The molecule has 0 aliphatic carbocycles. The van der Waals surface area contributed by atoms with Gasteiger partial charge in [0.2, 0.25) is 10.0 Å². The van der Waals surface area contributed by atoms with E-state index >= 15 is 0 Å². The highest BCUT2D eigenvalue weighted by atomic mass is 32.2. The highest BCUT2D eigenvalue weighted by Gasteiger charge is 2.30. The molecule has 0 aliphatic heterocycles. The van der Waals surface area contributed by atoms with Gasteiger partial charge in [-0.2, -0.15) is 13.2 Å². The van der Waals surface area contributed by atoms with Gasteiger partial charge in [-0.25, -0.2) is 13.6 Å². The van der Waals surface area contributed by atoms with E-state index in [1.807, 2.05) is 0 Å². The largest absolute Gasteiger partial charge is 0.416 e. The van der Waals surface area contributed by atoms with Crippen molar-refractivity contribution in [1.82, 2.24) is 0 Å². The lowest BCUT2D eigenvalue weighted by Gasteiger charge is -2.10. The molecule has 8 heteroatoms. The molecule has 0 amide bonds. The Morgan fingerprint density at radius 2 is 1.65 bits per heavy atom. The van der Waals surface area contributed by atoms with Gasteiger partial charge in [-0.15, -0.1) is 0 Å². The first-order valence-electron chi connectivity index (χ1n) is 6.63. The normalized spacial score (nSPS) is 12.2. The van der Waals surface area contributed by atoms with Crippen LogP contribution in [-0.4, -0.2) is 8.42 Å². The standard InChI is InChI=1S/C15H15F3N2O2S/c16-15(17,18)13-3-1-2-12(8-13)9-20-14-6-4-11(5-7-14)10-23(19,21)22/h1-8,20H,9-10H2,(H2,19,21,22). The quantitative estimate of drug-likeness (QED) is 0.875. The van der Waals surface area contributed by atoms with Crippen LogP contribution >= 0.6 is 0 Å². The highest BCUT2D eigenvalue weighted by Crippen LogP contribution is 2.29. The molecule has 0 atom stereocenters. The predicted octanol–water partition coefficient (Wildman–Crippen LogP) is 3.11. The Kier molecular flexibility index (Phi) is 4.96. The average molecular weight is 344 g/mol. The zero-order chi connectivity index (χ0) is 17.1. The number of primary sulfonamides is 1. The van der Waals surface area contributed by atoms with Crippen LogP contribution in [0.1, 0.15) is 16.7 Å². The van der Waals surface area contributed by atoms with Gasteiger partial charge in [0.05, 0.1) is 11.3 Å². The maximum atomic E-state index is 12.6. The van der Waals surface area contributed by atoms with E-state index in [1.165, 1.54) is 6.07 Å². The predicted molar refractivity (Wildman–Crippen MR) is 82.0 cm³/mol. The van der Waals surface area contributed by atoms with Crippen molar-refractivity contribution in [2.24, 2.45) is 5.14 Å². The van der Waals surface area contributed by atoms with E-state index in [9.17, 15) is 21.6 Å². The molecule has 0 bridgehead atoms. The van der Waals surface area contributed by atoms with E-state index in [2.05, 4.69) is 5.32 Å². The third kappa shape index (κ3) is 5.57. The Morgan fingerprint density at radius 1 is 1.00 bits per heavy atom. The number of benzene rings is 2. The third-order valence-corrected chi connectivity index (χ3v) is 3.81. The molecule has 0 saturated carbocycles. The van der Waals surface area contributed by atoms with Crippen molar-refractivity contribution >= 4 is 15.7 Å². The van der Waals surface area contributed by atoms with Gasteiger partial charge in [0.15, 0.2) is 0 Å². The molecule has 23 heavy (non-hydrogen) atoms. The molecule has 0 aromatic heterocycles. The number of halogens is 3. The van der Waals surface area contributed by atoms with E-state index in [0.717, 1.165) is 12.1 Å². The molecule has 2 aromatic rings. The number of nitrogens with two attached hydrogens (primary N) is 1. The summed E-state index contributed by atoms with van der Waals surface area (Å²) in [7, 11) is -3.59. The zero-order valence-electron chi connectivity index (χ0n) is 12.0. The van der Waals surface area contributed by atoms with Crippen LogP contribution in [0.25, 0.3) is 0 Å². The van der Waals surface area contributed by atoms with Crippen LogP contribution in [0.4, 0.5) is 18.9 Å². The summed E-state index contributed by atoms with van der Waals surface area (Å²) in [6, 6.07) is 11.5. The Balaban J connectivity index is 2.01. The SMILES string of the molecule is NS(=O)(=O)Cc1ccc(NCc2cccc(C(F)(F)F)c2)cc1. The summed E-state index contributed by atoms with van der Waals surface area (Å²) < 4.78 is 59.9. The van der Waals surface area contributed by atoms with Crippen LogP contribution in [0.2, 0.25) is 0 Å². The van der Waals surface area contributed by atoms with E-state index in [-0.39, 0.29) is 12.3 Å². The number of hydrogen-bond donors (Lipinski definition) is 2. The molecule has 2 aromatic carbocycles. The number of anilines is 1. The lowest BCUT2D eigenvalue weighted by molar-refractivity contribution is -0.137. The maximum absolute atomic E-state index is 12.6. The molecule has 0 unspecified atom stereocenters. The Morgan fingerprint density at radius 3 is 2.22 bits per heavy atom. The van der Waals surface area contributed by atoms with Gasteiger partial charge >= 0.3 is 6.18 Å². The van der Waals surface area contributed by atoms with Crippen molar-refractivity contribution in [2.75, 3.05) is 5.32 Å². The number of alkyl halides is 3. The summed E-state index contributed by atoms with van der Waals surface area (Å²) in [6.45, 7) is 0.221. The topological polar surface area (TPSA) is 72.2 Å². The summed E-state index contributed by atoms with van der Waals surface area (Å²) in [5.41, 5.74) is 1.01. The van der Waals surface area contributed by atoms with Gasteiger partial charge in [0, 0.05) is 12.2 Å². The molecule has 4 nitrogen and oxygen atoms in total. The van der Waals surface area contributed by atoms with Gasteiger partial charge in [-0.05, 0) is 35.4 Å². The minimum Gasteiger partial charge on any atom is -0.381 e. The molecule has 2 rings (SSSR count). The number of sulfonamides is 1. The van der Waals surface area contributed by atoms with Crippen LogP contribution in [0.3, 0.4) is 0 Å². The summed E-state index contributed by atoms with van der Waals surface area (Å²) >= 11 is 0. The first kappa shape index (κ1) is 17.3. The van der Waals surface area contributed by atoms with Crippen molar-refractivity contribution in [3.63, 3.8) is 0 Å². The first-order valence-corrected chi connectivity index (χ1v) is 8.34. The van der Waals surface area contributed by atoms with Crippen molar-refractivity contribution in [2.45, 2.75) is 18.5 Å². The second-order valence-corrected chi connectivity index (χ2v) is 6.67. The van der Waals surface area contributed by atoms with Gasteiger partial charge in [-0.1, -0.05) is 24.3 Å². The monoisotopic (exact) mass is 344 g/mol. The Labute approximate surface area is 132 Å². The summed E-state index contributed by atoms with van der Waals surface area (Å²) in [5.74, 6) is -0.263. The van der Waals surface area contributed by atoms with Crippen LogP contribution in [-0.2, 0) is 28.5 Å². The summed E-state index contributed by atoms with van der Waals surface area (Å²) in [6.07, 6.45) is -4.37. The number of rotatable bonds is 5. The number of nitrogens with one attached hydrogen (secondary N) is 1. The van der Waals surface area contributed by atoms with Crippen LogP contribution in [0, 0.1) is 0 Å². The minimum atomic E-state index is -4.37. The number of hydrogen-bond acceptors (Lipinski definition) is 3. The van der Waals surface area contributed by atoms with Crippen molar-refractivity contribution < 1.29 is 21.6 Å². The van der Waals surface area contributed by atoms with E-state index in [1.54, 1.807) is 30.3 Å². The van der Waals surface area contributed by atoms with E-state index in [0.29, 0.717) is 16.8 Å². The van der Waals surface area contributed by atoms with Crippen molar-refractivity contribution in [3.05, 3.63) is 65.2 Å². The zero-order valence-corrected chi connectivity index (χ0v) is 12.8. The third-order valence-electron chi connectivity index (χ3n) is 3.07. The van der Waals surface area contributed by atoms with Crippen LogP contribution < -0.4 is 10.5 Å². The second kappa shape index (κ2) is 6.59.